The van der Waals surface area contributed by atoms with Gasteiger partial charge < -0.3 is 9.88 Å². The largest absolute Gasteiger partial charge is 0.340 e. The van der Waals surface area contributed by atoms with Gasteiger partial charge in [-0.3, -0.25) is 9.59 Å². The van der Waals surface area contributed by atoms with Crippen LogP contribution in [0.4, 0.5) is 0 Å². The van der Waals surface area contributed by atoms with Gasteiger partial charge in [-0.1, -0.05) is 12.1 Å². The molecule has 1 aliphatic heterocycles. The Hall–Kier alpha value is -2.96. The van der Waals surface area contributed by atoms with Gasteiger partial charge in [0.2, 0.25) is 15.9 Å². The van der Waals surface area contributed by atoms with Gasteiger partial charge in [0, 0.05) is 38.3 Å². The molecule has 2 heterocycles. The molecule has 1 aromatic carbocycles. The number of piperazine rings is 1. The van der Waals surface area contributed by atoms with Crippen LogP contribution in [-0.2, 0) is 21.2 Å². The molecule has 0 aliphatic carbocycles. The minimum atomic E-state index is -3.61. The number of pyridine rings is 1. The van der Waals surface area contributed by atoms with Crippen molar-refractivity contribution in [2.24, 2.45) is 0 Å². The first-order valence-electron chi connectivity index (χ1n) is 10.5. The highest BCUT2D eigenvalue weighted by Gasteiger charge is 2.31. The monoisotopic (exact) mass is 456 g/mol. The van der Waals surface area contributed by atoms with Crippen molar-refractivity contribution in [3.8, 4) is 6.07 Å². The predicted octanol–water partition coefficient (Wildman–Crippen LogP) is 1.95. The SMILES string of the molecule is Cc1ccc(C)c(S(=O)(=O)N2CCN(C(=O)CCc3c(C)[nH]c(=O)c(C#N)c3C)CC2)c1. The van der Waals surface area contributed by atoms with E-state index in [0.717, 1.165) is 11.1 Å². The summed E-state index contributed by atoms with van der Waals surface area (Å²) in [5.41, 5.74) is 3.30. The minimum Gasteiger partial charge on any atom is -0.340 e. The van der Waals surface area contributed by atoms with Gasteiger partial charge >= 0.3 is 0 Å². The average molecular weight is 457 g/mol. The number of nitrogens with one attached hydrogen (secondary N) is 1. The number of hydrogen-bond donors (Lipinski definition) is 1. The van der Waals surface area contributed by atoms with Crippen molar-refractivity contribution in [3.05, 3.63) is 62.1 Å². The highest BCUT2D eigenvalue weighted by atomic mass is 32.2. The zero-order valence-electron chi connectivity index (χ0n) is 18.9. The van der Waals surface area contributed by atoms with Gasteiger partial charge in [-0.05, 0) is 62.4 Å². The second kappa shape index (κ2) is 9.27. The quantitative estimate of drug-likeness (QED) is 0.739. The zero-order chi connectivity index (χ0) is 23.6. The molecule has 170 valence electrons. The average Bonchev–Trinajstić information content (AvgIpc) is 2.75. The van der Waals surface area contributed by atoms with Crippen molar-refractivity contribution in [1.82, 2.24) is 14.2 Å². The minimum absolute atomic E-state index is 0.0720. The standard InChI is InChI=1S/C23H28N4O4S/c1-15-5-6-16(2)21(13-15)32(30,31)27-11-9-26(10-12-27)22(28)8-7-19-17(3)20(14-24)23(29)25-18(19)4/h5-6,13H,7-12H2,1-4H3,(H,25,29). The molecule has 8 nitrogen and oxygen atoms in total. The number of aryl methyl sites for hydroxylation is 3. The number of amides is 1. The van der Waals surface area contributed by atoms with Crippen LogP contribution in [0.1, 0.15) is 39.9 Å². The maximum Gasteiger partial charge on any atom is 0.266 e. The summed E-state index contributed by atoms with van der Waals surface area (Å²) in [6.07, 6.45) is 0.630. The van der Waals surface area contributed by atoms with Gasteiger partial charge in [-0.25, -0.2) is 8.42 Å². The number of nitriles is 1. The zero-order valence-corrected chi connectivity index (χ0v) is 19.7. The molecule has 0 saturated carbocycles. The summed E-state index contributed by atoms with van der Waals surface area (Å²) in [4.78, 5) is 29.3. The van der Waals surface area contributed by atoms with Gasteiger partial charge in [-0.2, -0.15) is 9.57 Å². The number of sulfonamides is 1. The summed E-state index contributed by atoms with van der Waals surface area (Å²) in [5.74, 6) is -0.0720. The molecule has 0 atom stereocenters. The van der Waals surface area contributed by atoms with Crippen LogP contribution in [0.15, 0.2) is 27.9 Å². The molecular weight excluding hydrogens is 428 g/mol. The van der Waals surface area contributed by atoms with Crippen molar-refractivity contribution < 1.29 is 13.2 Å². The molecule has 9 heteroatoms. The van der Waals surface area contributed by atoms with Crippen LogP contribution in [0.25, 0.3) is 0 Å². The lowest BCUT2D eigenvalue weighted by molar-refractivity contribution is -0.132. The first kappa shape index (κ1) is 23.7. The van der Waals surface area contributed by atoms with Crippen molar-refractivity contribution in [2.45, 2.75) is 45.4 Å². The lowest BCUT2D eigenvalue weighted by atomic mass is 9.99. The number of hydrogen-bond acceptors (Lipinski definition) is 5. The molecular formula is C23H28N4O4S. The molecule has 3 rings (SSSR count). The van der Waals surface area contributed by atoms with Crippen molar-refractivity contribution in [3.63, 3.8) is 0 Å². The molecule has 1 N–H and O–H groups in total. The first-order valence-corrected chi connectivity index (χ1v) is 12.0. The van der Waals surface area contributed by atoms with Crippen molar-refractivity contribution >= 4 is 15.9 Å². The number of nitrogens with zero attached hydrogens (tertiary/aromatic N) is 3. The van der Waals surface area contributed by atoms with Gasteiger partial charge in [-0.15, -0.1) is 0 Å². The third kappa shape index (κ3) is 4.61. The van der Waals surface area contributed by atoms with Crippen LogP contribution < -0.4 is 5.56 Å². The molecule has 2 aromatic rings. The van der Waals surface area contributed by atoms with E-state index >= 15 is 0 Å². The van der Waals surface area contributed by atoms with Crippen LogP contribution in [0.5, 0.6) is 0 Å². The van der Waals surface area contributed by atoms with Crippen LogP contribution in [0, 0.1) is 39.0 Å². The summed E-state index contributed by atoms with van der Waals surface area (Å²) in [6, 6.07) is 7.30. The molecule has 0 radical (unpaired) electrons. The number of aromatic nitrogens is 1. The van der Waals surface area contributed by atoms with Gasteiger partial charge in [0.1, 0.15) is 11.6 Å². The van der Waals surface area contributed by atoms with Crippen molar-refractivity contribution in [2.75, 3.05) is 26.2 Å². The third-order valence-corrected chi connectivity index (χ3v) is 8.10. The van der Waals surface area contributed by atoms with E-state index in [1.807, 2.05) is 19.1 Å². The van der Waals surface area contributed by atoms with Crippen LogP contribution in [0.2, 0.25) is 0 Å². The van der Waals surface area contributed by atoms with Crippen molar-refractivity contribution in [1.29, 1.82) is 5.26 Å². The molecule has 1 fully saturated rings. The Labute approximate surface area is 188 Å². The summed E-state index contributed by atoms with van der Waals surface area (Å²) < 4.78 is 27.6. The number of rotatable bonds is 5. The molecule has 0 spiro atoms. The summed E-state index contributed by atoms with van der Waals surface area (Å²) >= 11 is 0. The number of carbonyl (C=O) groups excluding carboxylic acids is 1. The maximum absolute atomic E-state index is 13.1. The first-order chi connectivity index (χ1) is 15.1. The number of aromatic amines is 1. The predicted molar refractivity (Wildman–Crippen MR) is 121 cm³/mol. The molecule has 1 aliphatic rings. The molecule has 0 unspecified atom stereocenters. The number of benzene rings is 1. The molecule has 1 amide bonds. The van der Waals surface area contributed by atoms with Crippen LogP contribution >= 0.6 is 0 Å². The highest BCUT2D eigenvalue weighted by molar-refractivity contribution is 7.89. The Morgan fingerprint density at radius 2 is 1.78 bits per heavy atom. The topological polar surface area (TPSA) is 114 Å². The fraction of sp³-hybridized carbons (Fsp3) is 0.435. The molecule has 0 bridgehead atoms. The molecule has 32 heavy (non-hydrogen) atoms. The summed E-state index contributed by atoms with van der Waals surface area (Å²) in [6.45, 7) is 8.27. The van der Waals surface area contributed by atoms with E-state index in [4.69, 9.17) is 0 Å². The van der Waals surface area contributed by atoms with Gasteiger partial charge in [0.25, 0.3) is 5.56 Å². The Morgan fingerprint density at radius 3 is 2.41 bits per heavy atom. The fourth-order valence-electron chi connectivity index (χ4n) is 4.11. The van der Waals surface area contributed by atoms with E-state index in [2.05, 4.69) is 4.98 Å². The van der Waals surface area contributed by atoms with E-state index in [9.17, 15) is 23.3 Å². The number of carbonyl (C=O) groups is 1. The maximum atomic E-state index is 13.1. The van der Waals surface area contributed by atoms with E-state index in [0.29, 0.717) is 41.2 Å². The number of H-pyrrole nitrogens is 1. The second-order valence-electron chi connectivity index (χ2n) is 8.22. The Morgan fingerprint density at radius 1 is 1.12 bits per heavy atom. The lowest BCUT2D eigenvalue weighted by Crippen LogP contribution is -2.50. The normalized spacial score (nSPS) is 14.9. The van der Waals surface area contributed by atoms with Crippen LogP contribution in [0.3, 0.4) is 0 Å². The fourth-order valence-corrected chi connectivity index (χ4v) is 5.84. The van der Waals surface area contributed by atoms with E-state index in [1.54, 1.807) is 37.8 Å². The second-order valence-corrected chi connectivity index (χ2v) is 10.1. The van der Waals surface area contributed by atoms with E-state index in [-0.39, 0.29) is 31.0 Å². The smallest absolute Gasteiger partial charge is 0.266 e. The van der Waals surface area contributed by atoms with E-state index in [1.165, 1.54) is 4.31 Å². The molecule has 1 saturated heterocycles. The van der Waals surface area contributed by atoms with E-state index < -0.39 is 15.6 Å². The Balaban J connectivity index is 1.65. The third-order valence-electron chi connectivity index (χ3n) is 6.06. The Kier molecular flexibility index (Phi) is 6.86. The Bertz CT molecular complexity index is 1250. The highest BCUT2D eigenvalue weighted by Crippen LogP contribution is 2.23. The summed E-state index contributed by atoms with van der Waals surface area (Å²) in [7, 11) is -3.61. The lowest BCUT2D eigenvalue weighted by Gasteiger charge is -2.34. The van der Waals surface area contributed by atoms with Gasteiger partial charge in [0.15, 0.2) is 0 Å². The van der Waals surface area contributed by atoms with Crippen LogP contribution in [-0.4, -0.2) is 54.7 Å². The summed E-state index contributed by atoms with van der Waals surface area (Å²) in [5, 5.41) is 9.20. The van der Waals surface area contributed by atoms with Gasteiger partial charge in [0.05, 0.1) is 4.90 Å². The molecule has 1 aromatic heterocycles.